The smallest absolute Gasteiger partial charge is 0.137 e. The van der Waals surface area contributed by atoms with E-state index in [1.165, 1.54) is 60.5 Å². The fourth-order valence-corrected chi connectivity index (χ4v) is 9.24. The Hall–Kier alpha value is -6.90. The van der Waals surface area contributed by atoms with Crippen molar-refractivity contribution in [1.29, 1.82) is 0 Å². The molecule has 1 aliphatic carbocycles. The summed E-state index contributed by atoms with van der Waals surface area (Å²) in [5, 5.41) is 7.26. The van der Waals surface area contributed by atoms with Crippen LogP contribution in [0.4, 0.5) is 17.1 Å². The van der Waals surface area contributed by atoms with E-state index in [1.54, 1.807) is 0 Å². The predicted octanol–water partition coefficient (Wildman–Crippen LogP) is 15.0. The van der Waals surface area contributed by atoms with Gasteiger partial charge in [0, 0.05) is 39.2 Å². The maximum absolute atomic E-state index is 6.42. The van der Waals surface area contributed by atoms with E-state index in [1.807, 2.05) is 12.1 Å². The number of rotatable bonds is 5. The molecule has 260 valence electrons. The van der Waals surface area contributed by atoms with E-state index >= 15 is 0 Å². The van der Waals surface area contributed by atoms with Crippen LogP contribution in [-0.2, 0) is 5.41 Å². The summed E-state index contributed by atoms with van der Waals surface area (Å²) in [6.45, 7) is 4.76. The van der Waals surface area contributed by atoms with Crippen LogP contribution < -0.4 is 4.90 Å². The molecule has 11 rings (SSSR count). The van der Waals surface area contributed by atoms with Crippen molar-refractivity contribution in [3.8, 4) is 33.4 Å². The van der Waals surface area contributed by atoms with Gasteiger partial charge in [0.1, 0.15) is 11.2 Å². The van der Waals surface area contributed by atoms with Gasteiger partial charge in [-0.05, 0) is 109 Å². The second kappa shape index (κ2) is 12.1. The lowest BCUT2D eigenvalue weighted by Gasteiger charge is -2.28. The molecule has 0 amide bonds. The van der Waals surface area contributed by atoms with E-state index in [0.717, 1.165) is 44.6 Å². The lowest BCUT2D eigenvalue weighted by molar-refractivity contribution is 0.666. The van der Waals surface area contributed by atoms with Crippen molar-refractivity contribution in [2.45, 2.75) is 19.3 Å². The van der Waals surface area contributed by atoms with Crippen LogP contribution in [0.15, 0.2) is 192 Å². The van der Waals surface area contributed by atoms with Crippen LogP contribution in [0.2, 0.25) is 0 Å². The van der Waals surface area contributed by atoms with Crippen LogP contribution in [0.5, 0.6) is 0 Å². The number of furan rings is 1. The molecule has 9 aromatic carbocycles. The summed E-state index contributed by atoms with van der Waals surface area (Å²) >= 11 is 0. The number of anilines is 3. The summed E-state index contributed by atoms with van der Waals surface area (Å²) in [5.74, 6) is 0. The quantitative estimate of drug-likeness (QED) is 0.177. The van der Waals surface area contributed by atoms with Crippen molar-refractivity contribution in [3.05, 3.63) is 199 Å². The minimum Gasteiger partial charge on any atom is -0.456 e. The minimum absolute atomic E-state index is 0.0990. The highest BCUT2D eigenvalue weighted by molar-refractivity contribution is 6.08. The van der Waals surface area contributed by atoms with Crippen LogP contribution in [0.25, 0.3) is 76.9 Å². The molecule has 0 saturated carbocycles. The van der Waals surface area contributed by atoms with Gasteiger partial charge in [-0.25, -0.2) is 0 Å². The van der Waals surface area contributed by atoms with Crippen LogP contribution >= 0.6 is 0 Å². The predicted molar refractivity (Wildman–Crippen MR) is 232 cm³/mol. The van der Waals surface area contributed by atoms with E-state index in [9.17, 15) is 0 Å². The Bertz CT molecular complexity index is 3130. The van der Waals surface area contributed by atoms with Crippen LogP contribution in [0.1, 0.15) is 25.0 Å². The summed E-state index contributed by atoms with van der Waals surface area (Å²) < 4.78 is 6.42. The highest BCUT2D eigenvalue weighted by Crippen LogP contribution is 2.55. The van der Waals surface area contributed by atoms with Crippen LogP contribution in [-0.4, -0.2) is 0 Å². The highest BCUT2D eigenvalue weighted by atomic mass is 16.3. The second-order valence-corrected chi connectivity index (χ2v) is 15.3. The van der Waals surface area contributed by atoms with E-state index in [-0.39, 0.29) is 5.41 Å². The first kappa shape index (κ1) is 31.6. The standard InChI is InChI=1S/C53H37NO/c1-53(2)47-21-11-8-20-45(47)51-46(32-37-16-6-7-18-42(37)52(51)53)38-25-24-36-31-39(27-26-35(36)30-38)54(48-22-12-9-17-41(48)34-14-4-3-5-15-34)40-28-29-44-43-19-10-13-23-49(43)55-50(44)33-40/h3-33H,1-2H3. The van der Waals surface area contributed by atoms with Gasteiger partial charge in [0.2, 0.25) is 0 Å². The average Bonchev–Trinajstić information content (AvgIpc) is 3.72. The lowest BCUT2D eigenvalue weighted by Crippen LogP contribution is -2.15. The Morgan fingerprint density at radius 3 is 1.96 bits per heavy atom. The molecule has 55 heavy (non-hydrogen) atoms. The highest BCUT2D eigenvalue weighted by Gasteiger charge is 2.38. The van der Waals surface area contributed by atoms with Crippen molar-refractivity contribution in [2.75, 3.05) is 4.90 Å². The van der Waals surface area contributed by atoms with Crippen molar-refractivity contribution >= 4 is 60.5 Å². The van der Waals surface area contributed by atoms with Crippen molar-refractivity contribution in [3.63, 3.8) is 0 Å². The van der Waals surface area contributed by atoms with Gasteiger partial charge in [0.05, 0.1) is 5.69 Å². The third-order valence-electron chi connectivity index (χ3n) is 11.8. The molecule has 2 nitrogen and oxygen atoms in total. The summed E-state index contributed by atoms with van der Waals surface area (Å²) in [6.07, 6.45) is 0. The number of benzene rings is 9. The molecule has 0 aliphatic heterocycles. The van der Waals surface area contributed by atoms with Crippen LogP contribution in [0.3, 0.4) is 0 Å². The molecule has 1 aliphatic rings. The first-order valence-electron chi connectivity index (χ1n) is 19.1. The first-order chi connectivity index (χ1) is 27.0. The number of fused-ring (bicyclic) bond motifs is 9. The summed E-state index contributed by atoms with van der Waals surface area (Å²) in [4.78, 5) is 2.37. The molecule has 0 bridgehead atoms. The Balaban J connectivity index is 1.09. The van der Waals surface area contributed by atoms with Gasteiger partial charge < -0.3 is 9.32 Å². The molecule has 0 saturated heterocycles. The number of hydrogen-bond acceptors (Lipinski definition) is 2. The largest absolute Gasteiger partial charge is 0.456 e. The third-order valence-corrected chi connectivity index (χ3v) is 11.8. The van der Waals surface area contributed by atoms with E-state index in [0.29, 0.717) is 0 Å². The monoisotopic (exact) mass is 703 g/mol. The fourth-order valence-electron chi connectivity index (χ4n) is 9.24. The first-order valence-corrected chi connectivity index (χ1v) is 19.1. The molecule has 0 unspecified atom stereocenters. The topological polar surface area (TPSA) is 16.4 Å². The third kappa shape index (κ3) is 4.88. The average molecular weight is 704 g/mol. The van der Waals surface area contributed by atoms with Gasteiger partial charge in [-0.3, -0.25) is 0 Å². The van der Waals surface area contributed by atoms with Crippen molar-refractivity contribution < 1.29 is 4.42 Å². The molecule has 0 fully saturated rings. The van der Waals surface area contributed by atoms with E-state index < -0.39 is 0 Å². The summed E-state index contributed by atoms with van der Waals surface area (Å²) in [6, 6.07) is 68.3. The molecular formula is C53H37NO. The zero-order valence-corrected chi connectivity index (χ0v) is 30.8. The van der Waals surface area contributed by atoms with Gasteiger partial charge in [-0.1, -0.05) is 147 Å². The molecule has 10 aromatic rings. The molecule has 0 spiro atoms. The zero-order chi connectivity index (χ0) is 36.7. The lowest BCUT2D eigenvalue weighted by atomic mass is 9.79. The number of nitrogens with zero attached hydrogens (tertiary/aromatic N) is 1. The van der Waals surface area contributed by atoms with Crippen LogP contribution in [0, 0.1) is 0 Å². The summed E-state index contributed by atoms with van der Waals surface area (Å²) in [5.41, 5.74) is 15.3. The normalized spacial score (nSPS) is 13.1. The maximum Gasteiger partial charge on any atom is 0.137 e. The zero-order valence-electron chi connectivity index (χ0n) is 30.8. The molecule has 0 radical (unpaired) electrons. The Labute approximate surface area is 320 Å². The molecule has 0 N–H and O–H groups in total. The van der Waals surface area contributed by atoms with E-state index in [2.05, 4.69) is 195 Å². The van der Waals surface area contributed by atoms with Gasteiger partial charge in [-0.15, -0.1) is 0 Å². The van der Waals surface area contributed by atoms with Gasteiger partial charge in [-0.2, -0.15) is 0 Å². The Morgan fingerprint density at radius 1 is 0.418 bits per heavy atom. The SMILES string of the molecule is CC1(C)c2ccccc2-c2c(-c3ccc4cc(N(c5ccc6c(c5)oc5ccccc56)c5ccccc5-c5ccccc5)ccc4c3)cc3ccccc3c21. The molecule has 1 heterocycles. The number of para-hydroxylation sites is 2. The second-order valence-electron chi connectivity index (χ2n) is 15.3. The molecule has 0 atom stereocenters. The van der Waals surface area contributed by atoms with Gasteiger partial charge in [0.15, 0.2) is 0 Å². The van der Waals surface area contributed by atoms with Gasteiger partial charge in [0.25, 0.3) is 0 Å². The van der Waals surface area contributed by atoms with Gasteiger partial charge >= 0.3 is 0 Å². The van der Waals surface area contributed by atoms with E-state index in [4.69, 9.17) is 4.42 Å². The molecule has 1 aromatic heterocycles. The fraction of sp³-hybridized carbons (Fsp3) is 0.0566. The van der Waals surface area contributed by atoms with Crippen molar-refractivity contribution in [2.24, 2.45) is 0 Å². The Kier molecular flexibility index (Phi) is 6.93. The van der Waals surface area contributed by atoms with Crippen molar-refractivity contribution in [1.82, 2.24) is 0 Å². The number of hydrogen-bond donors (Lipinski definition) is 0. The molecular weight excluding hydrogens is 667 g/mol. The minimum atomic E-state index is -0.0990. The summed E-state index contributed by atoms with van der Waals surface area (Å²) in [7, 11) is 0. The molecule has 2 heteroatoms. The Morgan fingerprint density at radius 2 is 1.07 bits per heavy atom. The maximum atomic E-state index is 6.42.